The Bertz CT molecular complexity index is 917. The molecule has 9 heteroatoms. The molecular weight excluding hydrogens is 332 g/mol. The van der Waals surface area contributed by atoms with Gasteiger partial charge in [-0.05, 0) is 12.8 Å². The molecule has 8 nitrogen and oxygen atoms in total. The summed E-state index contributed by atoms with van der Waals surface area (Å²) < 4.78 is 26.3. The number of rotatable bonds is 3. The van der Waals surface area contributed by atoms with Gasteiger partial charge in [-0.2, -0.15) is 5.26 Å². The van der Waals surface area contributed by atoms with Crippen LogP contribution in [0.15, 0.2) is 9.59 Å². The predicted octanol–water partition coefficient (Wildman–Crippen LogP) is -0.251. The molecule has 0 aliphatic carbocycles. The van der Waals surface area contributed by atoms with Gasteiger partial charge in [0, 0.05) is 27.2 Å². The highest BCUT2D eigenvalue weighted by Gasteiger charge is 2.46. The summed E-state index contributed by atoms with van der Waals surface area (Å²) in [5, 5.41) is 9.39. The lowest BCUT2D eigenvalue weighted by Gasteiger charge is -2.42. The third-order valence-electron chi connectivity index (χ3n) is 5.10. The molecule has 0 N–H and O–H groups in total. The Labute approximate surface area is 140 Å². The maximum absolute atomic E-state index is 12.5. The van der Waals surface area contributed by atoms with Crippen molar-refractivity contribution in [1.29, 1.82) is 5.26 Å². The lowest BCUT2D eigenvalue weighted by Crippen LogP contribution is -2.57. The fourth-order valence-electron chi connectivity index (χ4n) is 3.37. The SMILES string of the molecule is CCC1(CC)CN(c2c(C#N)c(=O)n(C)c(=O)n2C)CCS1(=O)=O. The van der Waals surface area contributed by atoms with Crippen LogP contribution in [0.2, 0.25) is 0 Å². The van der Waals surface area contributed by atoms with Crippen LogP contribution in [0.25, 0.3) is 0 Å². The smallest absolute Gasteiger partial charge is 0.332 e. The first-order chi connectivity index (χ1) is 11.2. The highest BCUT2D eigenvalue weighted by molar-refractivity contribution is 7.92. The van der Waals surface area contributed by atoms with Crippen molar-refractivity contribution in [2.24, 2.45) is 14.1 Å². The minimum atomic E-state index is -3.28. The van der Waals surface area contributed by atoms with Crippen LogP contribution in [0.1, 0.15) is 32.3 Å². The molecule has 0 spiro atoms. The van der Waals surface area contributed by atoms with Crippen molar-refractivity contribution >= 4 is 15.7 Å². The van der Waals surface area contributed by atoms with Gasteiger partial charge in [0.25, 0.3) is 5.56 Å². The van der Waals surface area contributed by atoms with E-state index < -0.39 is 25.8 Å². The summed E-state index contributed by atoms with van der Waals surface area (Å²) in [6.07, 6.45) is 0.867. The topological polar surface area (TPSA) is 105 Å². The van der Waals surface area contributed by atoms with Gasteiger partial charge in [-0.1, -0.05) is 13.8 Å². The van der Waals surface area contributed by atoms with E-state index in [9.17, 15) is 23.3 Å². The maximum atomic E-state index is 12.5. The summed E-state index contributed by atoms with van der Waals surface area (Å²) in [6.45, 7) is 3.95. The zero-order chi connectivity index (χ0) is 18.3. The van der Waals surface area contributed by atoms with Crippen LogP contribution in [-0.2, 0) is 23.9 Å². The lowest BCUT2D eigenvalue weighted by molar-refractivity contribution is 0.454. The number of nitrogens with zero attached hydrogens (tertiary/aromatic N) is 4. The summed E-state index contributed by atoms with van der Waals surface area (Å²) in [6, 6.07) is 1.87. The van der Waals surface area contributed by atoms with Crippen LogP contribution in [0.4, 0.5) is 5.82 Å². The molecule has 2 rings (SSSR count). The first-order valence-electron chi connectivity index (χ1n) is 7.83. The summed E-state index contributed by atoms with van der Waals surface area (Å²) in [5.41, 5.74) is -1.34. The highest BCUT2D eigenvalue weighted by atomic mass is 32.2. The van der Waals surface area contributed by atoms with Crippen LogP contribution in [-0.4, -0.2) is 41.1 Å². The number of hydrogen-bond donors (Lipinski definition) is 0. The normalized spacial score (nSPS) is 19.0. The number of nitriles is 1. The molecule has 0 radical (unpaired) electrons. The van der Waals surface area contributed by atoms with Gasteiger partial charge in [0.15, 0.2) is 15.4 Å². The second-order valence-electron chi connectivity index (χ2n) is 6.15. The van der Waals surface area contributed by atoms with Crippen molar-refractivity contribution < 1.29 is 8.42 Å². The number of anilines is 1. The first kappa shape index (κ1) is 18.3. The predicted molar refractivity (Wildman–Crippen MR) is 91.0 cm³/mol. The number of sulfone groups is 1. The van der Waals surface area contributed by atoms with Crippen molar-refractivity contribution in [2.75, 3.05) is 23.7 Å². The van der Waals surface area contributed by atoms with Gasteiger partial charge in [-0.25, -0.2) is 13.2 Å². The Morgan fingerprint density at radius 2 is 1.75 bits per heavy atom. The molecule has 24 heavy (non-hydrogen) atoms. The van der Waals surface area contributed by atoms with Gasteiger partial charge in [0.1, 0.15) is 11.9 Å². The minimum Gasteiger partial charge on any atom is -0.354 e. The average molecular weight is 354 g/mol. The Balaban J connectivity index is 2.69. The van der Waals surface area contributed by atoms with E-state index in [1.807, 2.05) is 19.9 Å². The third kappa shape index (κ3) is 2.45. The van der Waals surface area contributed by atoms with Gasteiger partial charge in [-0.3, -0.25) is 13.9 Å². The zero-order valence-electron chi connectivity index (χ0n) is 14.4. The van der Waals surface area contributed by atoms with Gasteiger partial charge < -0.3 is 4.90 Å². The van der Waals surface area contributed by atoms with E-state index in [2.05, 4.69) is 0 Å². The molecule has 0 saturated carbocycles. The van der Waals surface area contributed by atoms with Crippen LogP contribution in [0.3, 0.4) is 0 Å². The van der Waals surface area contributed by atoms with Crippen LogP contribution in [0.5, 0.6) is 0 Å². The van der Waals surface area contributed by atoms with Crippen molar-refractivity contribution in [3.8, 4) is 6.07 Å². The summed E-state index contributed by atoms with van der Waals surface area (Å²) in [4.78, 5) is 26.2. The monoisotopic (exact) mass is 354 g/mol. The molecule has 0 amide bonds. The second kappa shape index (κ2) is 6.09. The van der Waals surface area contributed by atoms with Crippen molar-refractivity contribution in [1.82, 2.24) is 9.13 Å². The highest BCUT2D eigenvalue weighted by Crippen LogP contribution is 2.33. The molecule has 1 aliphatic heterocycles. The molecule has 2 heterocycles. The number of aromatic nitrogens is 2. The Morgan fingerprint density at radius 1 is 1.17 bits per heavy atom. The summed E-state index contributed by atoms with van der Waals surface area (Å²) >= 11 is 0. The van der Waals surface area contributed by atoms with E-state index >= 15 is 0 Å². The average Bonchev–Trinajstić information content (AvgIpc) is 2.56. The van der Waals surface area contributed by atoms with Crippen LogP contribution in [0, 0.1) is 11.3 Å². The van der Waals surface area contributed by atoms with E-state index in [1.165, 1.54) is 18.7 Å². The van der Waals surface area contributed by atoms with E-state index in [0.717, 1.165) is 4.57 Å². The quantitative estimate of drug-likeness (QED) is 0.741. The van der Waals surface area contributed by atoms with E-state index in [-0.39, 0.29) is 30.2 Å². The molecule has 0 atom stereocenters. The van der Waals surface area contributed by atoms with E-state index in [1.54, 1.807) is 4.90 Å². The summed E-state index contributed by atoms with van der Waals surface area (Å²) in [7, 11) is -0.478. The molecule has 1 saturated heterocycles. The van der Waals surface area contributed by atoms with Gasteiger partial charge in [0.2, 0.25) is 0 Å². The number of hydrogen-bond acceptors (Lipinski definition) is 6. The van der Waals surface area contributed by atoms with Gasteiger partial charge in [0.05, 0.1) is 10.5 Å². The zero-order valence-corrected chi connectivity index (χ0v) is 15.2. The molecule has 132 valence electrons. The molecule has 1 aliphatic rings. The van der Waals surface area contributed by atoms with Crippen LogP contribution < -0.4 is 16.1 Å². The van der Waals surface area contributed by atoms with Crippen molar-refractivity contribution in [2.45, 2.75) is 31.4 Å². The molecular formula is C15H22N4O4S. The molecule has 1 aromatic rings. The fourth-order valence-corrected chi connectivity index (χ4v) is 5.49. The minimum absolute atomic E-state index is 0.0665. The van der Waals surface area contributed by atoms with Gasteiger partial charge >= 0.3 is 5.69 Å². The molecule has 1 aromatic heterocycles. The first-order valence-corrected chi connectivity index (χ1v) is 9.48. The standard InChI is InChI=1S/C15H22N4O4S/c1-5-15(6-2)10-19(7-8-24(15,22)23)12-11(9-16)13(20)18(4)14(21)17(12)3/h5-8,10H2,1-4H3. The Kier molecular flexibility index (Phi) is 4.63. The van der Waals surface area contributed by atoms with Crippen molar-refractivity contribution in [3.63, 3.8) is 0 Å². The Hall–Kier alpha value is -2.08. The molecule has 0 unspecified atom stereocenters. The third-order valence-corrected chi connectivity index (χ3v) is 7.85. The summed E-state index contributed by atoms with van der Waals surface area (Å²) in [5.74, 6) is 0.134. The molecule has 1 fully saturated rings. The second-order valence-corrected chi connectivity index (χ2v) is 8.65. The molecule has 0 bridgehead atoms. The molecule has 0 aromatic carbocycles. The van der Waals surface area contributed by atoms with Crippen molar-refractivity contribution in [3.05, 3.63) is 26.4 Å². The fraction of sp³-hybridized carbons (Fsp3) is 0.667. The largest absolute Gasteiger partial charge is 0.354 e. The maximum Gasteiger partial charge on any atom is 0.332 e. The lowest BCUT2D eigenvalue weighted by atomic mass is 10.0. The van der Waals surface area contributed by atoms with Gasteiger partial charge in [-0.15, -0.1) is 0 Å². The van der Waals surface area contributed by atoms with E-state index in [4.69, 9.17) is 0 Å². The van der Waals surface area contributed by atoms with E-state index in [0.29, 0.717) is 12.8 Å². The van der Waals surface area contributed by atoms with Crippen LogP contribution >= 0.6 is 0 Å². The Morgan fingerprint density at radius 3 is 2.25 bits per heavy atom.